The first kappa shape index (κ1) is 11.5. The van der Waals surface area contributed by atoms with Gasteiger partial charge in [-0.15, -0.1) is 0 Å². The SMILES string of the molecule is Cc1ccc2ncc(N)c(Nc3ccccc3)c2c1. The van der Waals surface area contributed by atoms with Crippen LogP contribution in [0.2, 0.25) is 0 Å². The summed E-state index contributed by atoms with van der Waals surface area (Å²) in [7, 11) is 0. The molecule has 3 nitrogen and oxygen atoms in total. The molecule has 3 aromatic rings. The van der Waals surface area contributed by atoms with Gasteiger partial charge in [-0.05, 0) is 31.2 Å². The first-order chi connectivity index (χ1) is 9.24. The summed E-state index contributed by atoms with van der Waals surface area (Å²) in [5.41, 5.74) is 10.8. The van der Waals surface area contributed by atoms with Crippen molar-refractivity contribution in [3.63, 3.8) is 0 Å². The van der Waals surface area contributed by atoms with Gasteiger partial charge in [0.1, 0.15) is 0 Å². The zero-order chi connectivity index (χ0) is 13.2. The maximum absolute atomic E-state index is 6.06. The average Bonchev–Trinajstić information content (AvgIpc) is 2.43. The molecule has 0 radical (unpaired) electrons. The Morgan fingerprint density at radius 3 is 2.63 bits per heavy atom. The van der Waals surface area contributed by atoms with E-state index >= 15 is 0 Å². The second kappa shape index (κ2) is 4.61. The van der Waals surface area contributed by atoms with E-state index in [1.54, 1.807) is 6.20 Å². The Kier molecular flexibility index (Phi) is 2.80. The molecule has 0 atom stereocenters. The number of nitrogens with two attached hydrogens (primary N) is 1. The van der Waals surface area contributed by atoms with Crippen LogP contribution in [0.5, 0.6) is 0 Å². The highest BCUT2D eigenvalue weighted by molar-refractivity contribution is 5.98. The predicted octanol–water partition coefficient (Wildman–Crippen LogP) is 3.87. The number of anilines is 3. The Morgan fingerprint density at radius 2 is 1.84 bits per heavy atom. The molecule has 0 aliphatic carbocycles. The maximum Gasteiger partial charge on any atom is 0.0746 e. The third-order valence-electron chi connectivity index (χ3n) is 3.10. The van der Waals surface area contributed by atoms with Gasteiger partial charge in [0.25, 0.3) is 0 Å². The molecule has 0 aliphatic rings. The zero-order valence-electron chi connectivity index (χ0n) is 10.7. The van der Waals surface area contributed by atoms with Crippen LogP contribution in [0.25, 0.3) is 10.9 Å². The summed E-state index contributed by atoms with van der Waals surface area (Å²) in [5.74, 6) is 0. The minimum Gasteiger partial charge on any atom is -0.396 e. The van der Waals surface area contributed by atoms with Crippen molar-refractivity contribution in [1.29, 1.82) is 0 Å². The molecule has 0 amide bonds. The Balaban J connectivity index is 2.16. The second-order valence-electron chi connectivity index (χ2n) is 4.60. The van der Waals surface area contributed by atoms with Gasteiger partial charge >= 0.3 is 0 Å². The lowest BCUT2D eigenvalue weighted by Gasteiger charge is -2.12. The van der Waals surface area contributed by atoms with Gasteiger partial charge in [0.2, 0.25) is 0 Å². The number of fused-ring (bicyclic) bond motifs is 1. The number of nitrogens with one attached hydrogen (secondary N) is 1. The second-order valence-corrected chi connectivity index (χ2v) is 4.60. The van der Waals surface area contributed by atoms with Crippen molar-refractivity contribution < 1.29 is 0 Å². The molecule has 3 heteroatoms. The van der Waals surface area contributed by atoms with Crippen LogP contribution in [0, 0.1) is 6.92 Å². The van der Waals surface area contributed by atoms with Gasteiger partial charge in [0, 0.05) is 11.1 Å². The number of aromatic nitrogens is 1. The lowest BCUT2D eigenvalue weighted by molar-refractivity contribution is 1.39. The van der Waals surface area contributed by atoms with E-state index in [0.29, 0.717) is 5.69 Å². The first-order valence-electron chi connectivity index (χ1n) is 6.21. The van der Waals surface area contributed by atoms with Gasteiger partial charge in [-0.25, -0.2) is 0 Å². The van der Waals surface area contributed by atoms with E-state index in [-0.39, 0.29) is 0 Å². The highest BCUT2D eigenvalue weighted by atomic mass is 14.9. The molecule has 0 saturated heterocycles. The highest BCUT2D eigenvalue weighted by Gasteiger charge is 2.07. The molecule has 1 heterocycles. The molecule has 1 aromatic heterocycles. The van der Waals surface area contributed by atoms with Crippen LogP contribution >= 0.6 is 0 Å². The van der Waals surface area contributed by atoms with Crippen molar-refractivity contribution in [3.05, 3.63) is 60.3 Å². The van der Waals surface area contributed by atoms with E-state index in [1.165, 1.54) is 5.56 Å². The summed E-state index contributed by atoms with van der Waals surface area (Å²) >= 11 is 0. The van der Waals surface area contributed by atoms with E-state index in [0.717, 1.165) is 22.3 Å². The minimum atomic E-state index is 0.655. The number of rotatable bonds is 2. The van der Waals surface area contributed by atoms with E-state index in [2.05, 4.69) is 29.4 Å². The monoisotopic (exact) mass is 249 g/mol. The largest absolute Gasteiger partial charge is 0.396 e. The molecule has 94 valence electrons. The minimum absolute atomic E-state index is 0.655. The van der Waals surface area contributed by atoms with Gasteiger partial charge in [0.05, 0.1) is 23.1 Å². The number of nitrogens with zero attached hydrogens (tertiary/aromatic N) is 1. The fraction of sp³-hybridized carbons (Fsp3) is 0.0625. The normalized spacial score (nSPS) is 10.6. The smallest absolute Gasteiger partial charge is 0.0746 e. The molecule has 3 N–H and O–H groups in total. The van der Waals surface area contributed by atoms with Crippen molar-refractivity contribution in [1.82, 2.24) is 4.98 Å². The van der Waals surface area contributed by atoms with Gasteiger partial charge in [-0.1, -0.05) is 29.8 Å². The summed E-state index contributed by atoms with van der Waals surface area (Å²) in [6.07, 6.45) is 1.70. The third kappa shape index (κ3) is 2.22. The van der Waals surface area contributed by atoms with Crippen molar-refractivity contribution in [3.8, 4) is 0 Å². The molecule has 0 bridgehead atoms. The lowest BCUT2D eigenvalue weighted by atomic mass is 10.1. The number of para-hydroxylation sites is 1. The molecular formula is C16H15N3. The number of benzene rings is 2. The van der Waals surface area contributed by atoms with Crippen molar-refractivity contribution in [2.75, 3.05) is 11.1 Å². The van der Waals surface area contributed by atoms with E-state index in [4.69, 9.17) is 5.73 Å². The molecule has 0 aliphatic heterocycles. The Morgan fingerprint density at radius 1 is 1.05 bits per heavy atom. The summed E-state index contributed by atoms with van der Waals surface area (Å²) in [6, 6.07) is 16.2. The number of hydrogen-bond donors (Lipinski definition) is 2. The highest BCUT2D eigenvalue weighted by Crippen LogP contribution is 2.31. The van der Waals surface area contributed by atoms with Crippen LogP contribution in [-0.4, -0.2) is 4.98 Å². The van der Waals surface area contributed by atoms with Crippen LogP contribution in [0.1, 0.15) is 5.56 Å². The van der Waals surface area contributed by atoms with Crippen molar-refractivity contribution >= 4 is 28.0 Å². The molecule has 0 fully saturated rings. The molecule has 3 rings (SSSR count). The van der Waals surface area contributed by atoms with Crippen LogP contribution in [0.15, 0.2) is 54.7 Å². The topological polar surface area (TPSA) is 50.9 Å². The Bertz CT molecular complexity index is 715. The van der Waals surface area contributed by atoms with Gasteiger partial charge in [-0.3, -0.25) is 4.98 Å². The summed E-state index contributed by atoms with van der Waals surface area (Å²) in [6.45, 7) is 2.06. The lowest BCUT2D eigenvalue weighted by Crippen LogP contribution is -1.98. The van der Waals surface area contributed by atoms with Crippen LogP contribution in [0.3, 0.4) is 0 Å². The maximum atomic E-state index is 6.06. The molecule has 19 heavy (non-hydrogen) atoms. The predicted molar refractivity (Wildman–Crippen MR) is 80.6 cm³/mol. The molecular weight excluding hydrogens is 234 g/mol. The molecule has 0 unspecified atom stereocenters. The Labute approximate surface area is 112 Å². The fourth-order valence-electron chi connectivity index (χ4n) is 2.13. The number of nitrogen functional groups attached to an aromatic ring is 1. The Hall–Kier alpha value is -2.55. The first-order valence-corrected chi connectivity index (χ1v) is 6.21. The number of hydrogen-bond acceptors (Lipinski definition) is 3. The van der Waals surface area contributed by atoms with Crippen molar-refractivity contribution in [2.45, 2.75) is 6.92 Å². The molecule has 2 aromatic carbocycles. The quantitative estimate of drug-likeness (QED) is 0.725. The van der Waals surface area contributed by atoms with Gasteiger partial charge in [-0.2, -0.15) is 0 Å². The standard InChI is InChI=1S/C16H15N3/c1-11-7-8-15-13(9-11)16(14(17)10-18-15)19-12-5-3-2-4-6-12/h2-10H,17H2,1H3,(H,18,19). The van der Waals surface area contributed by atoms with Crippen LogP contribution in [-0.2, 0) is 0 Å². The number of pyridine rings is 1. The summed E-state index contributed by atoms with van der Waals surface area (Å²) in [4.78, 5) is 4.36. The summed E-state index contributed by atoms with van der Waals surface area (Å²) in [5, 5.41) is 4.42. The van der Waals surface area contributed by atoms with Gasteiger partial charge in [0.15, 0.2) is 0 Å². The molecule has 0 spiro atoms. The third-order valence-corrected chi connectivity index (χ3v) is 3.10. The zero-order valence-corrected chi connectivity index (χ0v) is 10.7. The van der Waals surface area contributed by atoms with Crippen molar-refractivity contribution in [2.24, 2.45) is 0 Å². The number of aryl methyl sites for hydroxylation is 1. The van der Waals surface area contributed by atoms with Crippen LogP contribution < -0.4 is 11.1 Å². The summed E-state index contributed by atoms with van der Waals surface area (Å²) < 4.78 is 0. The van der Waals surface area contributed by atoms with E-state index in [9.17, 15) is 0 Å². The van der Waals surface area contributed by atoms with Crippen LogP contribution in [0.4, 0.5) is 17.1 Å². The van der Waals surface area contributed by atoms with Gasteiger partial charge < -0.3 is 11.1 Å². The van der Waals surface area contributed by atoms with E-state index < -0.39 is 0 Å². The fourth-order valence-corrected chi connectivity index (χ4v) is 2.13. The average molecular weight is 249 g/mol. The van der Waals surface area contributed by atoms with E-state index in [1.807, 2.05) is 36.4 Å². The molecule has 0 saturated carbocycles.